The quantitative estimate of drug-likeness (QED) is 0.151. The second kappa shape index (κ2) is 25.5. The van der Waals surface area contributed by atoms with E-state index in [0.717, 1.165) is 53.5 Å². The van der Waals surface area contributed by atoms with Gasteiger partial charge in [-0.25, -0.2) is 4.98 Å². The van der Waals surface area contributed by atoms with Crippen molar-refractivity contribution in [2.24, 2.45) is 11.3 Å². The molecule has 0 spiro atoms. The summed E-state index contributed by atoms with van der Waals surface area (Å²) in [5, 5.41) is 4.81. The molecule has 428 valence electrons. The van der Waals surface area contributed by atoms with E-state index in [9.17, 15) is 0 Å². The summed E-state index contributed by atoms with van der Waals surface area (Å²) in [6.07, 6.45) is 10.8. The van der Waals surface area contributed by atoms with Crippen LogP contribution in [0.15, 0.2) is 149 Å². The summed E-state index contributed by atoms with van der Waals surface area (Å²) in [4.78, 5) is 9.48. The summed E-state index contributed by atoms with van der Waals surface area (Å²) < 4.78 is 10.7. The van der Waals surface area contributed by atoms with Crippen LogP contribution in [0.25, 0.3) is 22.1 Å². The highest BCUT2D eigenvalue weighted by atomic mass is 16.5. The molecule has 6 heteroatoms. The zero-order valence-corrected chi connectivity index (χ0v) is 52.7. The molecule has 0 atom stereocenters. The number of aryl methyl sites for hydroxylation is 2. The molecule has 0 radical (unpaired) electrons. The molecule has 4 heterocycles. The summed E-state index contributed by atoms with van der Waals surface area (Å²) in [5.74, 6) is 1.64. The lowest BCUT2D eigenvalue weighted by molar-refractivity contribution is 0.121. The normalized spacial score (nSPS) is 15.7. The maximum Gasteiger partial charge on any atom is 0.200 e. The first kappa shape index (κ1) is 61.8. The number of nitrogens with zero attached hydrogens (tertiary/aromatic N) is 4. The van der Waals surface area contributed by atoms with Crippen molar-refractivity contribution in [2.45, 2.75) is 217 Å². The van der Waals surface area contributed by atoms with E-state index in [-0.39, 0.29) is 10.8 Å². The molecule has 6 aromatic carbocycles. The lowest BCUT2D eigenvalue weighted by atomic mass is 9.79. The SMILES string of the molecule is CC(C)(C)C1Cc2ccccc2C1.CC(C)(C)N1CCc2ccccc2C1.CC(C)(C)N1Cc2ccccc2C1.CC(C)(C)c1ccc2c(c1)CCCC2.CC(C)(C)c1ccc2cnoc2c1.CC(C)(C)c1nc2ccccc2o1. The third kappa shape index (κ3) is 17.1. The van der Waals surface area contributed by atoms with Crippen molar-refractivity contribution in [1.29, 1.82) is 0 Å². The molecule has 6 nitrogen and oxygen atoms in total. The van der Waals surface area contributed by atoms with Gasteiger partial charge in [-0.3, -0.25) is 9.80 Å². The van der Waals surface area contributed by atoms with Gasteiger partial charge in [0, 0.05) is 48.1 Å². The van der Waals surface area contributed by atoms with Crippen LogP contribution in [0.3, 0.4) is 0 Å². The molecule has 0 unspecified atom stereocenters. The minimum Gasteiger partial charge on any atom is -0.440 e. The standard InChI is InChI=1S/C14H20.C13H19N.C13H18.C12H17N.2C11H13NO/c1-14(2,3)13-9-8-11-6-4-5-7-12(11)10-13;1-13(2,3)14-9-8-11-6-4-5-7-12(11)10-14;1-13(2,3)12-8-10-6-4-5-7-11(10)9-12;1-12(2,3)13-8-10-6-4-5-7-11(10)9-13;1-11(2,3)9-5-4-8-7-12-13-10(8)6-9;1-11(2,3)10-12-8-6-4-5-7-9(8)13-10/h8-10H,4-7H2,1-3H3;4-7H,8-10H2,1-3H3;4-7,12H,8-9H2,1-3H3;4-7H,8-9H2,1-3H3;2*4-7H,1-3H3. The highest BCUT2D eigenvalue weighted by molar-refractivity contribution is 5.76. The number of benzene rings is 6. The van der Waals surface area contributed by atoms with E-state index in [4.69, 9.17) is 8.94 Å². The number of aromatic nitrogens is 2. The van der Waals surface area contributed by atoms with Gasteiger partial charge in [0.1, 0.15) is 5.52 Å². The largest absolute Gasteiger partial charge is 0.440 e. The Kier molecular flexibility index (Phi) is 19.7. The fraction of sp³-hybridized carbons (Fsp3) is 0.486. The highest BCUT2D eigenvalue weighted by Gasteiger charge is 2.31. The van der Waals surface area contributed by atoms with Crippen LogP contribution >= 0.6 is 0 Å². The summed E-state index contributed by atoms with van der Waals surface area (Å²) in [5.41, 5.74) is 19.3. The van der Waals surface area contributed by atoms with E-state index in [0.29, 0.717) is 21.9 Å². The average Bonchev–Trinajstić information content (AvgIpc) is 4.28. The Morgan fingerprint density at radius 3 is 1.41 bits per heavy atom. The van der Waals surface area contributed by atoms with Gasteiger partial charge in [-0.1, -0.05) is 197 Å². The summed E-state index contributed by atoms with van der Waals surface area (Å²) in [6, 6.07) is 47.6. The van der Waals surface area contributed by atoms with Crippen molar-refractivity contribution in [3.05, 3.63) is 201 Å². The molecule has 0 N–H and O–H groups in total. The maximum atomic E-state index is 5.62. The first-order chi connectivity index (χ1) is 37.4. The second-order valence-electron chi connectivity index (χ2n) is 29.2. The van der Waals surface area contributed by atoms with E-state index in [1.54, 1.807) is 28.5 Å². The van der Waals surface area contributed by atoms with E-state index < -0.39 is 0 Å². The smallest absolute Gasteiger partial charge is 0.200 e. The van der Waals surface area contributed by atoms with Crippen molar-refractivity contribution in [2.75, 3.05) is 6.54 Å². The molecule has 0 fully saturated rings. The Hall–Kier alpha value is -5.82. The fourth-order valence-corrected chi connectivity index (χ4v) is 10.8. The van der Waals surface area contributed by atoms with Crippen LogP contribution in [0.2, 0.25) is 0 Å². The third-order valence-electron chi connectivity index (χ3n) is 16.5. The Morgan fingerprint density at radius 2 is 0.887 bits per heavy atom. The molecule has 0 amide bonds. The lowest BCUT2D eigenvalue weighted by Crippen LogP contribution is -2.44. The number of hydrogen-bond donors (Lipinski definition) is 0. The predicted octanol–water partition coefficient (Wildman–Crippen LogP) is 19.2. The summed E-state index contributed by atoms with van der Waals surface area (Å²) in [6.45, 7) is 45.0. The molecular weight excluding hydrogens is 977 g/mol. The van der Waals surface area contributed by atoms with Gasteiger partial charge < -0.3 is 8.94 Å². The van der Waals surface area contributed by atoms with Crippen LogP contribution < -0.4 is 0 Å². The number of fused-ring (bicyclic) bond motifs is 6. The van der Waals surface area contributed by atoms with Crippen molar-refractivity contribution in [3.8, 4) is 0 Å². The van der Waals surface area contributed by atoms with Gasteiger partial charge in [0.15, 0.2) is 11.2 Å². The second-order valence-corrected chi connectivity index (χ2v) is 29.2. The van der Waals surface area contributed by atoms with Crippen molar-refractivity contribution < 1.29 is 8.94 Å². The molecule has 2 aromatic heterocycles. The van der Waals surface area contributed by atoms with Gasteiger partial charge in [0.2, 0.25) is 5.89 Å². The lowest BCUT2D eigenvalue weighted by Gasteiger charge is -2.39. The summed E-state index contributed by atoms with van der Waals surface area (Å²) >= 11 is 0. The Balaban J connectivity index is 0.000000139. The maximum absolute atomic E-state index is 5.62. The van der Waals surface area contributed by atoms with Crippen molar-refractivity contribution in [3.63, 3.8) is 0 Å². The fourth-order valence-electron chi connectivity index (χ4n) is 10.8. The predicted molar refractivity (Wildman–Crippen MR) is 340 cm³/mol. The Bertz CT molecular complexity index is 3080. The average molecular weight is 1080 g/mol. The van der Waals surface area contributed by atoms with Crippen LogP contribution in [0, 0.1) is 11.3 Å². The molecule has 4 aliphatic rings. The molecule has 2 aliphatic heterocycles. The van der Waals surface area contributed by atoms with Crippen molar-refractivity contribution >= 4 is 22.1 Å². The highest BCUT2D eigenvalue weighted by Crippen LogP contribution is 2.38. The molecule has 80 heavy (non-hydrogen) atoms. The molecule has 12 rings (SSSR count). The monoisotopic (exact) mass is 1080 g/mol. The van der Waals surface area contributed by atoms with Crippen LogP contribution in [0.1, 0.15) is 199 Å². The minimum absolute atomic E-state index is 0.0149. The Labute approximate surface area is 484 Å². The number of oxazole rings is 1. The van der Waals surface area contributed by atoms with E-state index in [2.05, 4.69) is 248 Å². The van der Waals surface area contributed by atoms with Crippen LogP contribution in [-0.4, -0.2) is 37.6 Å². The van der Waals surface area contributed by atoms with Gasteiger partial charge in [-0.15, -0.1) is 0 Å². The first-order valence-corrected chi connectivity index (χ1v) is 30.0. The minimum atomic E-state index is -0.0149. The number of para-hydroxylation sites is 2. The van der Waals surface area contributed by atoms with Gasteiger partial charge in [-0.05, 0) is 189 Å². The topological polar surface area (TPSA) is 58.5 Å². The van der Waals surface area contributed by atoms with Crippen LogP contribution in [-0.2, 0) is 68.0 Å². The van der Waals surface area contributed by atoms with Gasteiger partial charge >= 0.3 is 0 Å². The molecule has 0 bridgehead atoms. The molecular formula is C74H100N4O2. The third-order valence-corrected chi connectivity index (χ3v) is 16.5. The van der Waals surface area contributed by atoms with Crippen LogP contribution in [0.4, 0.5) is 0 Å². The van der Waals surface area contributed by atoms with E-state index in [1.807, 2.05) is 30.3 Å². The summed E-state index contributed by atoms with van der Waals surface area (Å²) in [7, 11) is 0. The van der Waals surface area contributed by atoms with Crippen LogP contribution in [0.5, 0.6) is 0 Å². The van der Waals surface area contributed by atoms with Gasteiger partial charge in [-0.2, -0.15) is 0 Å². The van der Waals surface area contributed by atoms with Gasteiger partial charge in [0.25, 0.3) is 0 Å². The zero-order chi connectivity index (χ0) is 58.3. The van der Waals surface area contributed by atoms with Gasteiger partial charge in [0.05, 0.1) is 6.20 Å². The zero-order valence-electron chi connectivity index (χ0n) is 52.7. The molecule has 0 saturated carbocycles. The number of rotatable bonds is 0. The Morgan fingerprint density at radius 1 is 0.425 bits per heavy atom. The molecule has 8 aromatic rings. The van der Waals surface area contributed by atoms with E-state index >= 15 is 0 Å². The molecule has 2 aliphatic carbocycles. The van der Waals surface area contributed by atoms with Crippen molar-refractivity contribution in [1.82, 2.24) is 19.9 Å². The first-order valence-electron chi connectivity index (χ1n) is 30.0. The van der Waals surface area contributed by atoms with E-state index in [1.165, 1.54) is 84.9 Å². The number of hydrogen-bond acceptors (Lipinski definition) is 6. The molecule has 0 saturated heterocycles.